The summed E-state index contributed by atoms with van der Waals surface area (Å²) in [5.41, 5.74) is 0.918. The van der Waals surface area contributed by atoms with Crippen LogP contribution in [0.25, 0.3) is 0 Å². The van der Waals surface area contributed by atoms with Gasteiger partial charge in [0.2, 0.25) is 5.91 Å². The monoisotopic (exact) mass is 317 g/mol. The van der Waals surface area contributed by atoms with Gasteiger partial charge in [-0.3, -0.25) is 9.78 Å². The van der Waals surface area contributed by atoms with Crippen LogP contribution >= 0.6 is 11.3 Å². The van der Waals surface area contributed by atoms with Crippen molar-refractivity contribution < 1.29 is 4.79 Å². The van der Waals surface area contributed by atoms with Gasteiger partial charge >= 0.3 is 0 Å². The summed E-state index contributed by atoms with van der Waals surface area (Å²) >= 11 is 1.59. The Morgan fingerprint density at radius 1 is 1.36 bits per heavy atom. The summed E-state index contributed by atoms with van der Waals surface area (Å²) in [4.78, 5) is 27.9. The highest BCUT2D eigenvalue weighted by Gasteiger charge is 2.26. The molecule has 1 aliphatic rings. The fraction of sp³-hybridized carbons (Fsp3) is 0.467. The molecule has 0 aromatic carbocycles. The highest BCUT2D eigenvalue weighted by Crippen LogP contribution is 2.31. The number of hydrogen-bond acceptors (Lipinski definition) is 6. The molecule has 1 unspecified atom stereocenters. The van der Waals surface area contributed by atoms with Gasteiger partial charge < -0.3 is 10.2 Å². The Morgan fingerprint density at radius 3 is 2.91 bits per heavy atom. The molecule has 3 heterocycles. The van der Waals surface area contributed by atoms with Gasteiger partial charge in [-0.15, -0.1) is 11.3 Å². The molecule has 2 aromatic heterocycles. The van der Waals surface area contributed by atoms with Crippen LogP contribution in [0, 0.1) is 6.92 Å². The molecule has 2 aromatic rings. The van der Waals surface area contributed by atoms with Gasteiger partial charge in [0, 0.05) is 49.4 Å². The molecule has 0 bridgehead atoms. The lowest BCUT2D eigenvalue weighted by Crippen LogP contribution is -2.38. The zero-order valence-corrected chi connectivity index (χ0v) is 13.6. The number of carbonyl (C=O) groups is 1. The Morgan fingerprint density at radius 2 is 2.18 bits per heavy atom. The predicted molar refractivity (Wildman–Crippen MR) is 86.4 cm³/mol. The van der Waals surface area contributed by atoms with Crippen LogP contribution < -0.4 is 5.32 Å². The normalized spacial score (nSPS) is 18.3. The molecule has 1 atom stereocenters. The molecule has 7 heteroatoms. The molecular weight excluding hydrogens is 298 g/mol. The van der Waals surface area contributed by atoms with Gasteiger partial charge in [-0.1, -0.05) is 0 Å². The lowest BCUT2D eigenvalue weighted by molar-refractivity contribution is -0.130. The SMILES string of the molecule is CC(=O)N1CCCC(c2nccnc2Nc2ncc(C)s2)C1. The summed E-state index contributed by atoms with van der Waals surface area (Å²) < 4.78 is 0. The van der Waals surface area contributed by atoms with Gasteiger partial charge in [-0.05, 0) is 19.8 Å². The quantitative estimate of drug-likeness (QED) is 0.942. The second-order valence-corrected chi connectivity index (χ2v) is 6.73. The third kappa shape index (κ3) is 3.24. The number of hydrogen-bond donors (Lipinski definition) is 1. The predicted octanol–water partition coefficient (Wildman–Crippen LogP) is 2.71. The van der Waals surface area contributed by atoms with Crippen molar-refractivity contribution in [1.82, 2.24) is 19.9 Å². The van der Waals surface area contributed by atoms with E-state index in [4.69, 9.17) is 0 Å². The smallest absolute Gasteiger partial charge is 0.219 e. The van der Waals surface area contributed by atoms with Crippen molar-refractivity contribution in [3.05, 3.63) is 29.2 Å². The fourth-order valence-electron chi connectivity index (χ4n) is 2.74. The summed E-state index contributed by atoms with van der Waals surface area (Å²) in [6.07, 6.45) is 7.24. The van der Waals surface area contributed by atoms with Crippen molar-refractivity contribution in [3.63, 3.8) is 0 Å². The average molecular weight is 317 g/mol. The number of piperidine rings is 1. The zero-order valence-electron chi connectivity index (χ0n) is 12.7. The summed E-state index contributed by atoms with van der Waals surface area (Å²) in [5, 5.41) is 4.08. The van der Waals surface area contributed by atoms with E-state index < -0.39 is 0 Å². The molecule has 0 saturated carbocycles. The first kappa shape index (κ1) is 14.9. The van der Waals surface area contributed by atoms with Gasteiger partial charge in [0.15, 0.2) is 10.9 Å². The number of likely N-dealkylation sites (tertiary alicyclic amines) is 1. The summed E-state index contributed by atoms with van der Waals surface area (Å²) in [5.74, 6) is 1.08. The first-order chi connectivity index (χ1) is 10.6. The molecule has 22 heavy (non-hydrogen) atoms. The molecule has 1 fully saturated rings. The average Bonchev–Trinajstić information content (AvgIpc) is 2.93. The van der Waals surface area contributed by atoms with Crippen molar-refractivity contribution >= 4 is 28.2 Å². The highest BCUT2D eigenvalue weighted by atomic mass is 32.1. The van der Waals surface area contributed by atoms with Crippen LogP contribution in [-0.4, -0.2) is 38.8 Å². The number of carbonyl (C=O) groups excluding carboxylic acids is 1. The molecule has 0 aliphatic carbocycles. The van der Waals surface area contributed by atoms with Crippen LogP contribution in [0.15, 0.2) is 18.6 Å². The summed E-state index contributed by atoms with van der Waals surface area (Å²) in [6.45, 7) is 5.18. The number of aryl methyl sites for hydroxylation is 1. The molecular formula is C15H19N5OS. The molecule has 1 aliphatic heterocycles. The number of aromatic nitrogens is 3. The minimum Gasteiger partial charge on any atom is -0.342 e. The van der Waals surface area contributed by atoms with Crippen molar-refractivity contribution in [2.45, 2.75) is 32.6 Å². The van der Waals surface area contributed by atoms with Crippen LogP contribution in [0.4, 0.5) is 10.9 Å². The maximum atomic E-state index is 11.6. The number of nitrogens with zero attached hydrogens (tertiary/aromatic N) is 4. The van der Waals surface area contributed by atoms with Crippen LogP contribution in [0.1, 0.15) is 36.3 Å². The Balaban J connectivity index is 1.82. The molecule has 1 saturated heterocycles. The van der Waals surface area contributed by atoms with Crippen LogP contribution in [0.3, 0.4) is 0 Å². The highest BCUT2D eigenvalue weighted by molar-refractivity contribution is 7.15. The standard InChI is InChI=1S/C15H19N5OS/c1-10-8-18-15(22-10)19-14-13(16-5-6-17-14)12-4-3-7-20(9-12)11(2)21/h5-6,8,12H,3-4,7,9H2,1-2H3,(H,17,18,19). The van der Waals surface area contributed by atoms with Crippen LogP contribution in [-0.2, 0) is 4.79 Å². The Kier molecular flexibility index (Phi) is 4.33. The van der Waals surface area contributed by atoms with Crippen LogP contribution in [0.5, 0.6) is 0 Å². The van der Waals surface area contributed by atoms with E-state index in [1.807, 2.05) is 18.0 Å². The van der Waals surface area contributed by atoms with E-state index in [1.54, 1.807) is 30.7 Å². The van der Waals surface area contributed by atoms with Gasteiger partial charge in [0.05, 0.1) is 5.69 Å². The van der Waals surface area contributed by atoms with Gasteiger partial charge in [-0.25, -0.2) is 9.97 Å². The molecule has 0 radical (unpaired) electrons. The third-order valence-corrected chi connectivity index (χ3v) is 4.65. The number of nitrogens with one attached hydrogen (secondary N) is 1. The minimum absolute atomic E-state index is 0.124. The van der Waals surface area contributed by atoms with E-state index in [-0.39, 0.29) is 11.8 Å². The van der Waals surface area contributed by atoms with Crippen LogP contribution in [0.2, 0.25) is 0 Å². The summed E-state index contributed by atoms with van der Waals surface area (Å²) in [6, 6.07) is 0. The lowest BCUT2D eigenvalue weighted by atomic mass is 9.94. The van der Waals surface area contributed by atoms with Gasteiger partial charge in [0.1, 0.15) is 0 Å². The first-order valence-corrected chi connectivity index (χ1v) is 8.21. The maximum absolute atomic E-state index is 11.6. The maximum Gasteiger partial charge on any atom is 0.219 e. The van der Waals surface area contributed by atoms with Crippen molar-refractivity contribution in [2.75, 3.05) is 18.4 Å². The number of thiazole rings is 1. The molecule has 3 rings (SSSR count). The molecule has 116 valence electrons. The first-order valence-electron chi connectivity index (χ1n) is 7.39. The number of rotatable bonds is 3. The Labute approximate surface area is 133 Å². The Hall–Kier alpha value is -2.02. The number of amides is 1. The molecule has 1 N–H and O–H groups in total. The van der Waals surface area contributed by atoms with Gasteiger partial charge in [0.25, 0.3) is 0 Å². The number of anilines is 2. The largest absolute Gasteiger partial charge is 0.342 e. The van der Waals surface area contributed by atoms with Crippen molar-refractivity contribution in [1.29, 1.82) is 0 Å². The van der Waals surface area contributed by atoms with E-state index in [2.05, 4.69) is 20.3 Å². The van der Waals surface area contributed by atoms with E-state index in [1.165, 1.54) is 0 Å². The molecule has 1 amide bonds. The van der Waals surface area contributed by atoms with E-state index in [9.17, 15) is 4.79 Å². The molecule has 0 spiro atoms. The lowest BCUT2D eigenvalue weighted by Gasteiger charge is -2.32. The minimum atomic E-state index is 0.124. The third-order valence-electron chi connectivity index (χ3n) is 3.83. The van der Waals surface area contributed by atoms with Crippen molar-refractivity contribution in [2.24, 2.45) is 0 Å². The van der Waals surface area contributed by atoms with E-state index >= 15 is 0 Å². The second kappa shape index (κ2) is 6.39. The van der Waals surface area contributed by atoms with Crippen molar-refractivity contribution in [3.8, 4) is 0 Å². The van der Waals surface area contributed by atoms with E-state index in [0.717, 1.165) is 40.9 Å². The fourth-order valence-corrected chi connectivity index (χ4v) is 3.41. The van der Waals surface area contributed by atoms with E-state index in [0.29, 0.717) is 6.54 Å². The topological polar surface area (TPSA) is 71.0 Å². The molecule has 6 nitrogen and oxygen atoms in total. The zero-order chi connectivity index (χ0) is 15.5. The second-order valence-electron chi connectivity index (χ2n) is 5.50. The Bertz CT molecular complexity index is 671. The summed E-state index contributed by atoms with van der Waals surface area (Å²) in [7, 11) is 0. The van der Waals surface area contributed by atoms with Gasteiger partial charge in [-0.2, -0.15) is 0 Å².